The summed E-state index contributed by atoms with van der Waals surface area (Å²) in [6, 6.07) is 13.2. The van der Waals surface area contributed by atoms with E-state index in [0.29, 0.717) is 5.69 Å². The molecule has 0 saturated carbocycles. The van der Waals surface area contributed by atoms with E-state index < -0.39 is 15.9 Å². The van der Waals surface area contributed by atoms with E-state index in [0.717, 1.165) is 57.2 Å². The van der Waals surface area contributed by atoms with E-state index in [9.17, 15) is 18.0 Å². The van der Waals surface area contributed by atoms with Crippen LogP contribution in [0.2, 0.25) is 0 Å². The number of amides is 2. The maximum atomic E-state index is 12.8. The number of rotatable bonds is 10. The van der Waals surface area contributed by atoms with Crippen LogP contribution in [0.3, 0.4) is 0 Å². The van der Waals surface area contributed by atoms with Gasteiger partial charge in [-0.05, 0) is 68.0 Å². The fraction of sp³-hybridized carbons (Fsp3) is 0.440. The Bertz CT molecular complexity index is 1050. The van der Waals surface area contributed by atoms with Crippen molar-refractivity contribution in [2.24, 2.45) is 0 Å². The smallest absolute Gasteiger partial charge is 0.261 e. The molecule has 0 spiro atoms. The van der Waals surface area contributed by atoms with Gasteiger partial charge in [-0.25, -0.2) is 8.42 Å². The van der Waals surface area contributed by atoms with Crippen molar-refractivity contribution in [3.05, 3.63) is 59.7 Å². The molecule has 2 N–H and O–H groups in total. The number of likely N-dealkylation sites (tertiary alicyclic amines) is 1. The van der Waals surface area contributed by atoms with Crippen molar-refractivity contribution in [3.63, 3.8) is 0 Å². The Labute approximate surface area is 196 Å². The zero-order valence-electron chi connectivity index (χ0n) is 19.2. The Balaban J connectivity index is 1.57. The van der Waals surface area contributed by atoms with Crippen LogP contribution in [0.4, 0.5) is 5.69 Å². The number of unbranched alkanes of at least 4 members (excludes halogenated alkanes) is 1. The highest BCUT2D eigenvalue weighted by atomic mass is 32.2. The van der Waals surface area contributed by atoms with Crippen LogP contribution in [0.5, 0.6) is 0 Å². The predicted octanol–water partition coefficient (Wildman–Crippen LogP) is 3.96. The molecule has 7 nitrogen and oxygen atoms in total. The summed E-state index contributed by atoms with van der Waals surface area (Å²) in [5.74, 6) is -0.366. The van der Waals surface area contributed by atoms with Gasteiger partial charge in [0.25, 0.3) is 15.9 Å². The number of sulfonamides is 1. The van der Waals surface area contributed by atoms with Gasteiger partial charge in [0.15, 0.2) is 0 Å². The summed E-state index contributed by atoms with van der Waals surface area (Å²) in [4.78, 5) is 26.6. The van der Waals surface area contributed by atoms with Gasteiger partial charge >= 0.3 is 0 Å². The predicted molar refractivity (Wildman–Crippen MR) is 130 cm³/mol. The van der Waals surface area contributed by atoms with E-state index in [1.165, 1.54) is 18.2 Å². The van der Waals surface area contributed by atoms with Gasteiger partial charge in [0.2, 0.25) is 5.91 Å². The van der Waals surface area contributed by atoms with Crippen LogP contribution in [0.1, 0.15) is 61.4 Å². The van der Waals surface area contributed by atoms with Gasteiger partial charge in [0.1, 0.15) is 0 Å². The monoisotopic (exact) mass is 471 g/mol. The molecule has 0 atom stereocenters. The van der Waals surface area contributed by atoms with Crippen LogP contribution in [-0.4, -0.2) is 44.8 Å². The lowest BCUT2D eigenvalue weighted by atomic mass is 10.1. The Kier molecular flexibility index (Phi) is 8.88. The average molecular weight is 472 g/mol. The molecule has 8 heteroatoms. The molecule has 1 fully saturated rings. The normalized spacial score (nSPS) is 14.0. The highest BCUT2D eigenvalue weighted by molar-refractivity contribution is 7.92. The summed E-state index contributed by atoms with van der Waals surface area (Å²) >= 11 is 0. The molecule has 1 aliphatic rings. The standard InChI is InChI=1S/C25H33N3O4S/c1-2-3-8-20-11-13-22(14-12-20)27-33(31,32)23-10-7-9-21(19-23)25(30)26-16-15-24(29)28-17-5-4-6-18-28/h7,9-14,19,27H,2-6,8,15-18H2,1H3,(H,26,30). The van der Waals surface area contributed by atoms with E-state index in [4.69, 9.17) is 0 Å². The van der Waals surface area contributed by atoms with Gasteiger partial charge in [-0.1, -0.05) is 31.5 Å². The summed E-state index contributed by atoms with van der Waals surface area (Å²) in [6.07, 6.45) is 6.59. The maximum Gasteiger partial charge on any atom is 0.261 e. The zero-order valence-corrected chi connectivity index (χ0v) is 20.0. The van der Waals surface area contributed by atoms with Gasteiger partial charge in [0.05, 0.1) is 4.90 Å². The number of hydrogen-bond acceptors (Lipinski definition) is 4. The summed E-state index contributed by atoms with van der Waals surface area (Å²) in [5.41, 5.74) is 1.87. The van der Waals surface area contributed by atoms with Crippen LogP contribution < -0.4 is 10.0 Å². The molecule has 33 heavy (non-hydrogen) atoms. The van der Waals surface area contributed by atoms with Crippen molar-refractivity contribution in [1.29, 1.82) is 0 Å². The molecule has 0 unspecified atom stereocenters. The van der Waals surface area contributed by atoms with Crippen LogP contribution >= 0.6 is 0 Å². The number of nitrogens with zero attached hydrogens (tertiary/aromatic N) is 1. The molecule has 1 saturated heterocycles. The van der Waals surface area contributed by atoms with Gasteiger partial charge < -0.3 is 10.2 Å². The van der Waals surface area contributed by atoms with Crippen molar-refractivity contribution in [3.8, 4) is 0 Å². The Morgan fingerprint density at radius 3 is 2.42 bits per heavy atom. The van der Waals surface area contributed by atoms with Crippen LogP contribution in [-0.2, 0) is 21.2 Å². The molecule has 178 valence electrons. The Morgan fingerprint density at radius 2 is 1.73 bits per heavy atom. The van der Waals surface area contributed by atoms with Crippen molar-refractivity contribution in [1.82, 2.24) is 10.2 Å². The van der Waals surface area contributed by atoms with E-state index in [2.05, 4.69) is 17.0 Å². The minimum absolute atomic E-state index is 0.00889. The van der Waals surface area contributed by atoms with Gasteiger partial charge in [-0.2, -0.15) is 0 Å². The zero-order chi connectivity index (χ0) is 23.7. The highest BCUT2D eigenvalue weighted by Crippen LogP contribution is 2.19. The number of carbonyl (C=O) groups excluding carboxylic acids is 2. The van der Waals surface area contributed by atoms with Crippen LogP contribution in [0, 0.1) is 0 Å². The van der Waals surface area contributed by atoms with E-state index in [1.54, 1.807) is 18.2 Å². The first-order chi connectivity index (χ1) is 15.9. The second-order valence-corrected chi connectivity index (χ2v) is 10.1. The minimum atomic E-state index is -3.84. The third kappa shape index (κ3) is 7.32. The topological polar surface area (TPSA) is 95.6 Å². The summed E-state index contributed by atoms with van der Waals surface area (Å²) < 4.78 is 28.2. The lowest BCUT2D eigenvalue weighted by Crippen LogP contribution is -2.37. The van der Waals surface area contributed by atoms with Crippen LogP contribution in [0.25, 0.3) is 0 Å². The molecular formula is C25H33N3O4S. The number of anilines is 1. The van der Waals surface area contributed by atoms with Crippen molar-refractivity contribution in [2.75, 3.05) is 24.4 Å². The number of piperidine rings is 1. The molecule has 1 aliphatic heterocycles. The second kappa shape index (κ2) is 11.8. The number of aryl methyl sites for hydroxylation is 1. The minimum Gasteiger partial charge on any atom is -0.352 e. The first-order valence-corrected chi connectivity index (χ1v) is 13.1. The molecule has 3 rings (SSSR count). The fourth-order valence-corrected chi connectivity index (χ4v) is 4.93. The van der Waals surface area contributed by atoms with E-state index >= 15 is 0 Å². The van der Waals surface area contributed by atoms with Crippen molar-refractivity contribution < 1.29 is 18.0 Å². The fourth-order valence-electron chi connectivity index (χ4n) is 3.83. The van der Waals surface area contributed by atoms with Gasteiger partial charge in [0, 0.05) is 37.3 Å². The maximum absolute atomic E-state index is 12.8. The van der Waals surface area contributed by atoms with Crippen molar-refractivity contribution >= 4 is 27.5 Å². The van der Waals surface area contributed by atoms with Crippen molar-refractivity contribution in [2.45, 2.75) is 56.8 Å². The molecular weight excluding hydrogens is 438 g/mol. The van der Waals surface area contributed by atoms with E-state index in [1.807, 2.05) is 17.0 Å². The molecule has 0 bridgehead atoms. The van der Waals surface area contributed by atoms with E-state index in [-0.39, 0.29) is 29.3 Å². The second-order valence-electron chi connectivity index (χ2n) is 8.38. The molecule has 2 aromatic carbocycles. The molecule has 1 heterocycles. The molecule has 0 radical (unpaired) electrons. The summed E-state index contributed by atoms with van der Waals surface area (Å²) in [6.45, 7) is 3.90. The lowest BCUT2D eigenvalue weighted by Gasteiger charge is -2.26. The lowest BCUT2D eigenvalue weighted by molar-refractivity contribution is -0.131. The quantitative estimate of drug-likeness (QED) is 0.548. The molecule has 0 aliphatic carbocycles. The largest absolute Gasteiger partial charge is 0.352 e. The first kappa shape index (κ1) is 24.8. The Hall–Kier alpha value is -2.87. The summed E-state index contributed by atoms with van der Waals surface area (Å²) in [7, 11) is -3.84. The third-order valence-corrected chi connectivity index (χ3v) is 7.14. The third-order valence-electron chi connectivity index (χ3n) is 5.76. The number of nitrogens with one attached hydrogen (secondary N) is 2. The number of benzene rings is 2. The molecule has 2 aromatic rings. The molecule has 0 aromatic heterocycles. The molecule has 2 amide bonds. The Morgan fingerprint density at radius 1 is 1.00 bits per heavy atom. The SMILES string of the molecule is CCCCc1ccc(NS(=O)(=O)c2cccc(C(=O)NCCC(=O)N3CCCCC3)c2)cc1. The average Bonchev–Trinajstić information content (AvgIpc) is 2.84. The van der Waals surface area contributed by atoms with Gasteiger partial charge in [-0.15, -0.1) is 0 Å². The summed E-state index contributed by atoms with van der Waals surface area (Å²) in [5, 5.41) is 2.72. The number of hydrogen-bond donors (Lipinski definition) is 2. The first-order valence-electron chi connectivity index (χ1n) is 11.7. The van der Waals surface area contributed by atoms with Crippen LogP contribution in [0.15, 0.2) is 53.4 Å². The number of carbonyl (C=O) groups is 2. The highest BCUT2D eigenvalue weighted by Gasteiger charge is 2.18. The van der Waals surface area contributed by atoms with Gasteiger partial charge in [-0.3, -0.25) is 14.3 Å².